The van der Waals surface area contributed by atoms with Gasteiger partial charge in [0, 0.05) is 16.8 Å². The molecule has 3 rings (SSSR count). The van der Waals surface area contributed by atoms with Gasteiger partial charge in [-0.15, -0.1) is 0 Å². The van der Waals surface area contributed by atoms with E-state index in [0.717, 1.165) is 6.07 Å². The Morgan fingerprint density at radius 2 is 1.69 bits per heavy atom. The van der Waals surface area contributed by atoms with E-state index in [-0.39, 0.29) is 28.3 Å². The second-order valence-corrected chi connectivity index (χ2v) is 5.44. The zero-order chi connectivity index (χ0) is 18.9. The Morgan fingerprint density at radius 1 is 1.00 bits per heavy atom. The van der Waals surface area contributed by atoms with Crippen molar-refractivity contribution in [1.82, 2.24) is 9.97 Å². The Hall–Kier alpha value is -3.42. The first kappa shape index (κ1) is 17.4. The lowest BCUT2D eigenvalue weighted by molar-refractivity contribution is -0.141. The van der Waals surface area contributed by atoms with Crippen molar-refractivity contribution >= 4 is 11.7 Å². The molecule has 1 heterocycles. The molecule has 0 spiro atoms. The summed E-state index contributed by atoms with van der Waals surface area (Å²) in [7, 11) is 0. The van der Waals surface area contributed by atoms with Crippen LogP contribution in [0.1, 0.15) is 16.1 Å². The molecule has 132 valence electrons. The van der Waals surface area contributed by atoms with Gasteiger partial charge >= 0.3 is 12.1 Å². The number of nitrogen functional groups attached to an aromatic ring is 1. The van der Waals surface area contributed by atoms with Crippen LogP contribution in [0.4, 0.5) is 18.9 Å². The molecular formula is C18H12F3N3O2. The summed E-state index contributed by atoms with van der Waals surface area (Å²) in [5.74, 6) is -1.68. The maximum atomic E-state index is 13.3. The molecule has 0 aliphatic carbocycles. The van der Waals surface area contributed by atoms with Gasteiger partial charge in [-0.3, -0.25) is 0 Å². The Kier molecular flexibility index (Phi) is 4.33. The number of carboxylic acid groups (broad SMARTS) is 1. The molecule has 0 amide bonds. The second kappa shape index (κ2) is 6.47. The number of anilines is 1. The van der Waals surface area contributed by atoms with Crippen LogP contribution in [0.5, 0.6) is 0 Å². The third-order valence-corrected chi connectivity index (χ3v) is 3.60. The van der Waals surface area contributed by atoms with E-state index < -0.39 is 17.8 Å². The number of hydrogen-bond acceptors (Lipinski definition) is 4. The van der Waals surface area contributed by atoms with Crippen LogP contribution in [0.2, 0.25) is 0 Å². The van der Waals surface area contributed by atoms with Crippen molar-refractivity contribution in [1.29, 1.82) is 0 Å². The highest BCUT2D eigenvalue weighted by Gasteiger charge is 2.34. The number of alkyl halides is 3. The minimum atomic E-state index is -4.72. The number of hydrogen-bond donors (Lipinski definition) is 2. The average molecular weight is 359 g/mol. The van der Waals surface area contributed by atoms with E-state index in [1.54, 1.807) is 30.3 Å². The van der Waals surface area contributed by atoms with E-state index in [4.69, 9.17) is 5.73 Å². The zero-order valence-electron chi connectivity index (χ0n) is 13.2. The number of nitrogens with zero attached hydrogens (tertiary/aromatic N) is 2. The summed E-state index contributed by atoms with van der Waals surface area (Å²) < 4.78 is 39.9. The highest BCUT2D eigenvalue weighted by atomic mass is 19.4. The molecule has 1 aromatic heterocycles. The summed E-state index contributed by atoms with van der Waals surface area (Å²) in [6.45, 7) is 0. The first-order valence-electron chi connectivity index (χ1n) is 7.40. The zero-order valence-corrected chi connectivity index (χ0v) is 13.2. The van der Waals surface area contributed by atoms with Crippen molar-refractivity contribution < 1.29 is 23.1 Å². The maximum absolute atomic E-state index is 13.3. The first-order valence-corrected chi connectivity index (χ1v) is 7.40. The standard InChI is InChI=1S/C18H12F3N3O2/c19-18(20,21)15-9-14(10-4-2-1-3-5-10)23-16(24-15)13-8-11(22)6-7-12(13)17(25)26/h1-9H,22H2,(H,25,26). The lowest BCUT2D eigenvalue weighted by Crippen LogP contribution is -2.11. The van der Waals surface area contributed by atoms with Crippen molar-refractivity contribution in [2.45, 2.75) is 6.18 Å². The Morgan fingerprint density at radius 3 is 2.31 bits per heavy atom. The number of benzene rings is 2. The molecule has 0 unspecified atom stereocenters. The smallest absolute Gasteiger partial charge is 0.433 e. The van der Waals surface area contributed by atoms with Gasteiger partial charge in [0.15, 0.2) is 5.82 Å². The van der Waals surface area contributed by atoms with Crippen LogP contribution in [0.3, 0.4) is 0 Å². The molecule has 3 aromatic rings. The van der Waals surface area contributed by atoms with E-state index in [9.17, 15) is 23.1 Å². The van der Waals surface area contributed by atoms with Crippen LogP contribution in [0.15, 0.2) is 54.6 Å². The van der Waals surface area contributed by atoms with E-state index in [1.165, 1.54) is 18.2 Å². The molecule has 0 bridgehead atoms. The van der Waals surface area contributed by atoms with E-state index in [1.807, 2.05) is 0 Å². The summed E-state index contributed by atoms with van der Waals surface area (Å²) in [6.07, 6.45) is -4.72. The molecule has 2 aromatic carbocycles. The monoisotopic (exact) mass is 359 g/mol. The molecule has 0 atom stereocenters. The van der Waals surface area contributed by atoms with Crippen LogP contribution in [-0.2, 0) is 6.18 Å². The van der Waals surface area contributed by atoms with Gasteiger partial charge in [-0.25, -0.2) is 14.8 Å². The molecular weight excluding hydrogens is 347 g/mol. The number of rotatable bonds is 3. The number of aromatic nitrogens is 2. The third-order valence-electron chi connectivity index (χ3n) is 3.60. The predicted octanol–water partition coefficient (Wildman–Crippen LogP) is 4.11. The van der Waals surface area contributed by atoms with Crippen molar-refractivity contribution in [2.24, 2.45) is 0 Å². The first-order chi connectivity index (χ1) is 12.3. The minimum absolute atomic E-state index is 0.0293. The normalized spacial score (nSPS) is 11.3. The van der Waals surface area contributed by atoms with E-state index in [0.29, 0.717) is 5.56 Å². The number of nitrogens with two attached hydrogens (primary N) is 1. The highest BCUT2D eigenvalue weighted by Crippen LogP contribution is 2.33. The number of aromatic carboxylic acids is 1. The summed E-state index contributed by atoms with van der Waals surface area (Å²) in [5.41, 5.74) is 4.84. The fraction of sp³-hybridized carbons (Fsp3) is 0.0556. The molecule has 0 saturated heterocycles. The Labute approximate surface area is 146 Å². The lowest BCUT2D eigenvalue weighted by atomic mass is 10.0. The molecule has 0 aliphatic rings. The fourth-order valence-corrected chi connectivity index (χ4v) is 2.40. The van der Waals surface area contributed by atoms with E-state index in [2.05, 4.69) is 9.97 Å². The Balaban J connectivity index is 2.29. The van der Waals surface area contributed by atoms with Crippen molar-refractivity contribution in [3.63, 3.8) is 0 Å². The molecule has 8 heteroatoms. The van der Waals surface area contributed by atoms with Crippen LogP contribution in [0.25, 0.3) is 22.6 Å². The van der Waals surface area contributed by atoms with Crippen LogP contribution in [0, 0.1) is 0 Å². The Bertz CT molecular complexity index is 973. The van der Waals surface area contributed by atoms with Crippen LogP contribution >= 0.6 is 0 Å². The molecule has 0 saturated carbocycles. The highest BCUT2D eigenvalue weighted by molar-refractivity contribution is 5.96. The van der Waals surface area contributed by atoms with Gasteiger partial charge in [0.2, 0.25) is 0 Å². The lowest BCUT2D eigenvalue weighted by Gasteiger charge is -2.12. The fourth-order valence-electron chi connectivity index (χ4n) is 2.40. The molecule has 5 nitrogen and oxygen atoms in total. The molecule has 0 fully saturated rings. The van der Waals surface area contributed by atoms with Gasteiger partial charge in [0.05, 0.1) is 11.3 Å². The van der Waals surface area contributed by atoms with Gasteiger partial charge in [-0.2, -0.15) is 13.2 Å². The van der Waals surface area contributed by atoms with Crippen molar-refractivity contribution in [3.05, 3.63) is 65.9 Å². The summed E-state index contributed by atoms with van der Waals surface area (Å²) in [6, 6.07) is 12.9. The van der Waals surface area contributed by atoms with Gasteiger partial charge in [0.1, 0.15) is 5.69 Å². The molecule has 0 aliphatic heterocycles. The van der Waals surface area contributed by atoms with Crippen molar-refractivity contribution in [3.8, 4) is 22.6 Å². The van der Waals surface area contributed by atoms with Gasteiger partial charge in [0.25, 0.3) is 0 Å². The minimum Gasteiger partial charge on any atom is -0.478 e. The molecule has 0 radical (unpaired) electrons. The number of halogens is 3. The summed E-state index contributed by atoms with van der Waals surface area (Å²) in [4.78, 5) is 19.1. The predicted molar refractivity (Wildman–Crippen MR) is 89.3 cm³/mol. The van der Waals surface area contributed by atoms with Crippen molar-refractivity contribution in [2.75, 3.05) is 5.73 Å². The second-order valence-electron chi connectivity index (χ2n) is 5.44. The SMILES string of the molecule is Nc1ccc(C(=O)O)c(-c2nc(-c3ccccc3)cc(C(F)(F)F)n2)c1. The summed E-state index contributed by atoms with van der Waals surface area (Å²) >= 11 is 0. The quantitative estimate of drug-likeness (QED) is 0.687. The molecule has 3 N–H and O–H groups in total. The third kappa shape index (κ3) is 3.49. The van der Waals surface area contributed by atoms with Crippen LogP contribution < -0.4 is 5.73 Å². The average Bonchev–Trinajstić information content (AvgIpc) is 2.61. The van der Waals surface area contributed by atoms with Crippen LogP contribution in [-0.4, -0.2) is 21.0 Å². The van der Waals surface area contributed by atoms with Gasteiger partial charge < -0.3 is 10.8 Å². The number of carbonyl (C=O) groups is 1. The maximum Gasteiger partial charge on any atom is 0.433 e. The topological polar surface area (TPSA) is 89.1 Å². The largest absolute Gasteiger partial charge is 0.478 e. The van der Waals surface area contributed by atoms with Gasteiger partial charge in [-0.05, 0) is 24.3 Å². The summed E-state index contributed by atoms with van der Waals surface area (Å²) in [5, 5.41) is 9.31. The molecule has 26 heavy (non-hydrogen) atoms. The van der Waals surface area contributed by atoms with E-state index >= 15 is 0 Å². The number of carboxylic acids is 1. The van der Waals surface area contributed by atoms with Gasteiger partial charge in [-0.1, -0.05) is 30.3 Å².